The fourth-order valence-corrected chi connectivity index (χ4v) is 2.90. The molecule has 3 aromatic rings. The van der Waals surface area contributed by atoms with E-state index < -0.39 is 0 Å². The van der Waals surface area contributed by atoms with Gasteiger partial charge in [-0.2, -0.15) is 0 Å². The average Bonchev–Trinajstić information content (AvgIpc) is 2.34. The molecular weight excluding hydrogens is 220 g/mol. The van der Waals surface area contributed by atoms with Gasteiger partial charge in [0, 0.05) is 48.4 Å². The molecular formula is C16H13N2+. The van der Waals surface area contributed by atoms with Crippen molar-refractivity contribution in [3.05, 3.63) is 47.1 Å². The van der Waals surface area contributed by atoms with Crippen LogP contribution >= 0.6 is 0 Å². The Morgan fingerprint density at radius 3 is 2.39 bits per heavy atom. The van der Waals surface area contributed by atoms with E-state index in [1.54, 1.807) is 0 Å². The third-order valence-electron chi connectivity index (χ3n) is 3.57. The largest absolute Gasteiger partial charge is 0.356 e. The minimum atomic E-state index is 1.18. The predicted molar refractivity (Wildman–Crippen MR) is 75.2 cm³/mol. The summed E-state index contributed by atoms with van der Waals surface area (Å²) in [6, 6.07) is 8.73. The van der Waals surface area contributed by atoms with Crippen molar-refractivity contribution in [1.82, 2.24) is 9.47 Å². The molecule has 0 radical (unpaired) electrons. The third kappa shape index (κ3) is 1.15. The van der Waals surface area contributed by atoms with Gasteiger partial charge in [-0.1, -0.05) is 0 Å². The van der Waals surface area contributed by atoms with E-state index in [-0.39, 0.29) is 0 Å². The monoisotopic (exact) mass is 233 g/mol. The van der Waals surface area contributed by atoms with E-state index in [4.69, 9.17) is 0 Å². The van der Waals surface area contributed by atoms with E-state index in [1.165, 1.54) is 32.0 Å². The summed E-state index contributed by atoms with van der Waals surface area (Å²) in [6.07, 6.45) is 9.86. The minimum Gasteiger partial charge on any atom is -0.356 e. The van der Waals surface area contributed by atoms with Crippen molar-refractivity contribution >= 4 is 33.9 Å². The van der Waals surface area contributed by atoms with Gasteiger partial charge in [-0.25, -0.2) is 4.57 Å². The molecule has 2 heterocycles. The van der Waals surface area contributed by atoms with Crippen LogP contribution in [0.15, 0.2) is 30.5 Å². The SMILES string of the molecule is CN1C=c2ccc3[c+]n(C)cc4ccc(c2c34)=C1. The van der Waals surface area contributed by atoms with Crippen LogP contribution in [0.2, 0.25) is 0 Å². The Bertz CT molecular complexity index is 831. The maximum absolute atomic E-state index is 3.37. The number of hydrogen-bond donors (Lipinski definition) is 0. The molecule has 1 aliphatic heterocycles. The van der Waals surface area contributed by atoms with Crippen LogP contribution in [0.3, 0.4) is 0 Å². The molecule has 0 N–H and O–H groups in total. The number of rotatable bonds is 0. The summed E-state index contributed by atoms with van der Waals surface area (Å²) in [5.74, 6) is 0. The summed E-state index contributed by atoms with van der Waals surface area (Å²) in [7, 11) is 4.09. The van der Waals surface area contributed by atoms with Gasteiger partial charge in [0.1, 0.15) is 6.20 Å². The van der Waals surface area contributed by atoms with Crippen molar-refractivity contribution in [1.29, 1.82) is 0 Å². The first kappa shape index (κ1) is 9.69. The average molecular weight is 233 g/mol. The highest BCUT2D eigenvalue weighted by Crippen LogP contribution is 2.22. The summed E-state index contributed by atoms with van der Waals surface area (Å²) in [6.45, 7) is 0. The number of nitrogens with zero attached hydrogens (tertiary/aromatic N) is 2. The molecule has 0 amide bonds. The van der Waals surface area contributed by atoms with Gasteiger partial charge in [-0.15, -0.1) is 0 Å². The zero-order valence-electron chi connectivity index (χ0n) is 10.4. The Kier molecular flexibility index (Phi) is 1.68. The molecule has 4 rings (SSSR count). The molecule has 1 aromatic heterocycles. The second kappa shape index (κ2) is 3.12. The molecule has 2 heteroatoms. The lowest BCUT2D eigenvalue weighted by molar-refractivity contribution is 0.735. The van der Waals surface area contributed by atoms with Gasteiger partial charge in [0.2, 0.25) is 0 Å². The van der Waals surface area contributed by atoms with Crippen molar-refractivity contribution in [2.24, 2.45) is 7.05 Å². The number of aryl methyl sites for hydroxylation is 1. The number of pyridine rings is 1. The van der Waals surface area contributed by atoms with Crippen LogP contribution in [-0.4, -0.2) is 16.5 Å². The van der Waals surface area contributed by atoms with Gasteiger partial charge in [-0.3, -0.25) is 0 Å². The highest BCUT2D eigenvalue weighted by molar-refractivity contribution is 6.10. The molecule has 0 spiro atoms. The molecule has 0 bridgehead atoms. The van der Waals surface area contributed by atoms with Crippen molar-refractivity contribution < 1.29 is 0 Å². The standard InChI is InChI=1S/C16H13N2/c1-17-7-11-3-5-13-9-18(2)10-14-6-4-12(8-17)15(11)16(13)14/h3-9H,1-2H3/q+1. The molecule has 0 aliphatic carbocycles. The van der Waals surface area contributed by atoms with Crippen LogP contribution < -0.4 is 10.4 Å². The van der Waals surface area contributed by atoms with Crippen molar-refractivity contribution in [3.63, 3.8) is 0 Å². The molecule has 0 fully saturated rings. The summed E-state index contributed by atoms with van der Waals surface area (Å²) in [4.78, 5) is 2.12. The Hall–Kier alpha value is -2.31. The van der Waals surface area contributed by atoms with Crippen molar-refractivity contribution in [3.8, 4) is 0 Å². The predicted octanol–water partition coefficient (Wildman–Crippen LogP) is 1.55. The molecule has 2 aromatic carbocycles. The van der Waals surface area contributed by atoms with Gasteiger partial charge in [0.15, 0.2) is 5.39 Å². The van der Waals surface area contributed by atoms with E-state index in [0.717, 1.165) is 0 Å². The van der Waals surface area contributed by atoms with Gasteiger partial charge in [0.05, 0.1) is 17.0 Å². The Labute approximate surface area is 105 Å². The number of hydrogen-bond acceptors (Lipinski definition) is 1. The highest BCUT2D eigenvalue weighted by Gasteiger charge is 2.14. The molecule has 86 valence electrons. The van der Waals surface area contributed by atoms with Gasteiger partial charge in [-0.05, 0) is 18.2 Å². The van der Waals surface area contributed by atoms with Crippen LogP contribution in [0.5, 0.6) is 0 Å². The maximum Gasteiger partial charge on any atom is 0.174 e. The second-order valence-electron chi connectivity index (χ2n) is 4.97. The topological polar surface area (TPSA) is 8.17 Å². The summed E-state index contributed by atoms with van der Waals surface area (Å²) >= 11 is 0. The molecule has 18 heavy (non-hydrogen) atoms. The summed E-state index contributed by atoms with van der Waals surface area (Å²) in [5, 5.41) is 7.70. The molecule has 1 aliphatic rings. The zero-order valence-corrected chi connectivity index (χ0v) is 10.4. The van der Waals surface area contributed by atoms with Crippen LogP contribution in [0.4, 0.5) is 0 Å². The molecule has 2 nitrogen and oxygen atoms in total. The van der Waals surface area contributed by atoms with Gasteiger partial charge in [0.25, 0.3) is 0 Å². The fourth-order valence-electron chi connectivity index (χ4n) is 2.90. The van der Waals surface area contributed by atoms with E-state index in [2.05, 4.69) is 61.0 Å². The van der Waals surface area contributed by atoms with E-state index >= 15 is 0 Å². The highest BCUT2D eigenvalue weighted by atomic mass is 15.0. The van der Waals surface area contributed by atoms with Crippen LogP contribution in [0.1, 0.15) is 0 Å². The number of aromatic nitrogens is 1. The van der Waals surface area contributed by atoms with Crippen LogP contribution in [-0.2, 0) is 7.05 Å². The zero-order chi connectivity index (χ0) is 12.3. The molecule has 0 saturated carbocycles. The van der Waals surface area contributed by atoms with Crippen molar-refractivity contribution in [2.75, 3.05) is 7.05 Å². The number of benzene rings is 2. The maximum atomic E-state index is 3.37. The second-order valence-corrected chi connectivity index (χ2v) is 4.97. The Morgan fingerprint density at radius 1 is 0.889 bits per heavy atom. The van der Waals surface area contributed by atoms with Crippen LogP contribution in [0, 0.1) is 6.20 Å². The first-order valence-electron chi connectivity index (χ1n) is 6.08. The summed E-state index contributed by atoms with van der Waals surface area (Å²) < 4.78 is 2.00. The first-order valence-corrected chi connectivity index (χ1v) is 6.08. The Balaban J connectivity index is 2.40. The van der Waals surface area contributed by atoms with E-state index in [9.17, 15) is 0 Å². The molecule has 0 atom stereocenters. The third-order valence-corrected chi connectivity index (χ3v) is 3.57. The van der Waals surface area contributed by atoms with E-state index in [1.807, 2.05) is 11.6 Å². The normalized spacial score (nSPS) is 13.6. The van der Waals surface area contributed by atoms with E-state index in [0.29, 0.717) is 0 Å². The fraction of sp³-hybridized carbons (Fsp3) is 0.125. The lowest BCUT2D eigenvalue weighted by atomic mass is 9.99. The Morgan fingerprint density at radius 2 is 1.61 bits per heavy atom. The van der Waals surface area contributed by atoms with Crippen LogP contribution in [0.25, 0.3) is 33.9 Å². The smallest absolute Gasteiger partial charge is 0.174 e. The summed E-state index contributed by atoms with van der Waals surface area (Å²) in [5.41, 5.74) is 0. The lowest BCUT2D eigenvalue weighted by Gasteiger charge is -2.13. The quantitative estimate of drug-likeness (QED) is 0.535. The lowest BCUT2D eigenvalue weighted by Crippen LogP contribution is -2.24. The van der Waals surface area contributed by atoms with Gasteiger partial charge >= 0.3 is 0 Å². The minimum absolute atomic E-state index is 1.18. The van der Waals surface area contributed by atoms with Crippen molar-refractivity contribution in [2.45, 2.75) is 0 Å². The molecule has 0 unspecified atom stereocenters. The molecule has 0 saturated heterocycles. The first-order chi connectivity index (χ1) is 8.72. The van der Waals surface area contributed by atoms with Gasteiger partial charge < -0.3 is 4.90 Å².